The Morgan fingerprint density at radius 3 is 1.79 bits per heavy atom. The first kappa shape index (κ1) is 36.8. The normalized spacial score (nSPS) is 12.3. The van der Waals surface area contributed by atoms with Crippen molar-refractivity contribution in [2.24, 2.45) is 0 Å². The summed E-state index contributed by atoms with van der Waals surface area (Å²) in [6.45, 7) is 9.47. The summed E-state index contributed by atoms with van der Waals surface area (Å²) in [4.78, 5) is 39.2. The monoisotopic (exact) mass is 710 g/mol. The molecule has 0 spiro atoms. The highest BCUT2D eigenvalue weighted by Gasteiger charge is 2.40. The van der Waals surface area contributed by atoms with Gasteiger partial charge in [0.25, 0.3) is 5.91 Å². The van der Waals surface area contributed by atoms with Crippen molar-refractivity contribution in [1.29, 1.82) is 0 Å². The van der Waals surface area contributed by atoms with Crippen LogP contribution in [0, 0.1) is 13.8 Å². The molecule has 5 aromatic carbocycles. The fraction of sp³-hybridized carbons (Fsp3) is 0.250. The highest BCUT2D eigenvalue weighted by molar-refractivity contribution is 5.85. The number of methoxy groups -OCH3 is 1. The van der Waals surface area contributed by atoms with Crippen molar-refractivity contribution in [2.75, 3.05) is 7.11 Å². The molecule has 0 bridgehead atoms. The number of fused-ring (bicyclic) bond motifs is 1. The summed E-state index contributed by atoms with van der Waals surface area (Å²) in [7, 11) is 1.63. The van der Waals surface area contributed by atoms with Gasteiger partial charge >= 0.3 is 6.09 Å². The fourth-order valence-corrected chi connectivity index (χ4v) is 6.45. The number of alkyl carbamates (subject to hydrolysis) is 1. The fourth-order valence-electron chi connectivity index (χ4n) is 6.45. The molecule has 2 N–H and O–H groups in total. The second-order valence-corrected chi connectivity index (χ2v) is 14.1. The number of nitrogens with one attached hydrogen (secondary N) is 2. The molecule has 53 heavy (non-hydrogen) atoms. The van der Waals surface area contributed by atoms with Crippen LogP contribution in [0.25, 0.3) is 16.7 Å². The van der Waals surface area contributed by atoms with Crippen LogP contribution in [0.2, 0.25) is 0 Å². The number of imidazole rings is 1. The van der Waals surface area contributed by atoms with Gasteiger partial charge in [0.15, 0.2) is 5.60 Å². The summed E-state index contributed by atoms with van der Waals surface area (Å²) in [5.74, 6) is 0.927. The second kappa shape index (κ2) is 15.8. The highest BCUT2D eigenvalue weighted by atomic mass is 16.7. The van der Waals surface area contributed by atoms with E-state index in [-0.39, 0.29) is 6.42 Å². The van der Waals surface area contributed by atoms with Gasteiger partial charge in [-0.2, -0.15) is 0 Å². The molecule has 9 heteroatoms. The van der Waals surface area contributed by atoms with Gasteiger partial charge in [0.1, 0.15) is 23.2 Å². The van der Waals surface area contributed by atoms with Crippen molar-refractivity contribution < 1.29 is 23.9 Å². The first-order valence-electron chi connectivity index (χ1n) is 17.8. The number of rotatable bonds is 12. The molecule has 2 amide bonds. The van der Waals surface area contributed by atoms with Crippen LogP contribution in [-0.4, -0.2) is 40.3 Å². The van der Waals surface area contributed by atoms with E-state index in [1.807, 2.05) is 115 Å². The molecule has 1 aromatic heterocycles. The summed E-state index contributed by atoms with van der Waals surface area (Å²) >= 11 is 0. The summed E-state index contributed by atoms with van der Waals surface area (Å²) < 4.78 is 13.1. The van der Waals surface area contributed by atoms with Gasteiger partial charge in [-0.15, -0.1) is 0 Å². The van der Waals surface area contributed by atoms with Crippen LogP contribution >= 0.6 is 0 Å². The molecule has 0 saturated carbocycles. The first-order valence-corrected chi connectivity index (χ1v) is 17.8. The van der Waals surface area contributed by atoms with E-state index in [1.54, 1.807) is 27.9 Å². The van der Waals surface area contributed by atoms with E-state index in [4.69, 9.17) is 19.3 Å². The smallest absolute Gasteiger partial charge is 0.408 e. The lowest BCUT2D eigenvalue weighted by Crippen LogP contribution is -2.50. The molecule has 0 saturated heterocycles. The number of aryl methyl sites for hydroxylation is 3. The molecule has 9 nitrogen and oxygen atoms in total. The van der Waals surface area contributed by atoms with E-state index >= 15 is 0 Å². The number of hydrogen-bond donors (Lipinski definition) is 2. The maximum Gasteiger partial charge on any atom is 0.408 e. The minimum Gasteiger partial charge on any atom is -0.497 e. The van der Waals surface area contributed by atoms with Crippen LogP contribution in [0.3, 0.4) is 0 Å². The molecule has 6 aromatic rings. The van der Waals surface area contributed by atoms with E-state index in [0.29, 0.717) is 6.42 Å². The largest absolute Gasteiger partial charge is 0.497 e. The number of aromatic nitrogens is 2. The predicted molar refractivity (Wildman–Crippen MR) is 207 cm³/mol. The summed E-state index contributed by atoms with van der Waals surface area (Å²) in [5, 5.41) is 2.82. The van der Waals surface area contributed by atoms with Crippen LogP contribution in [0.1, 0.15) is 60.8 Å². The number of amides is 2. The Hall–Kier alpha value is -5.93. The zero-order chi connectivity index (χ0) is 37.6. The molecule has 0 radical (unpaired) electrons. The number of nitrogens with zero attached hydrogens (tertiary/aromatic N) is 2. The average molecular weight is 711 g/mol. The molecular formula is C44H46N4O5. The van der Waals surface area contributed by atoms with E-state index in [9.17, 15) is 9.59 Å². The topological polar surface area (TPSA) is 104 Å². The Labute approximate surface area is 310 Å². The summed E-state index contributed by atoms with van der Waals surface area (Å²) in [6, 6.07) is 40.2. The van der Waals surface area contributed by atoms with E-state index in [0.717, 1.165) is 56.1 Å². The van der Waals surface area contributed by atoms with Gasteiger partial charge in [0.05, 0.1) is 18.1 Å². The predicted octanol–water partition coefficient (Wildman–Crippen LogP) is 8.52. The van der Waals surface area contributed by atoms with Gasteiger partial charge in [-0.05, 0) is 105 Å². The number of carbonyl (C=O) groups excluding carboxylic acids is 2. The van der Waals surface area contributed by atoms with E-state index in [2.05, 4.69) is 41.3 Å². The molecule has 0 aliphatic carbocycles. The third kappa shape index (κ3) is 8.26. The van der Waals surface area contributed by atoms with Crippen LogP contribution in [0.5, 0.6) is 5.75 Å². The minimum atomic E-state index is -1.21. The van der Waals surface area contributed by atoms with Gasteiger partial charge in [-0.1, -0.05) is 91.0 Å². The number of hydroxylamine groups is 1. The second-order valence-electron chi connectivity index (χ2n) is 14.1. The van der Waals surface area contributed by atoms with Gasteiger partial charge < -0.3 is 14.8 Å². The molecule has 0 aliphatic rings. The Morgan fingerprint density at radius 1 is 0.755 bits per heavy atom. The Bertz CT molecular complexity index is 2060. The molecule has 6 rings (SSSR count). The molecule has 0 aliphatic heterocycles. The van der Waals surface area contributed by atoms with Crippen molar-refractivity contribution in [1.82, 2.24) is 20.3 Å². The zero-order valence-electron chi connectivity index (χ0n) is 31.1. The van der Waals surface area contributed by atoms with Gasteiger partial charge in [0.2, 0.25) is 0 Å². The first-order chi connectivity index (χ1) is 25.5. The van der Waals surface area contributed by atoms with E-state index < -0.39 is 29.2 Å². The standard InChI is InChI=1S/C44H46N4O5/c1-30-28-38-39(29-31(30)2)48(35-22-24-36(51-6)25-23-35)40(45-38)27-26-37(46-42(50)52-43(3,4)5)41(49)47-53-44(32-16-10-7-11-17-32,33-18-12-8-13-19-33)34-20-14-9-15-21-34/h7-25,28-29,37H,26-27H2,1-6H3,(H,46,50)(H,47,49)/t37-/m0/s1. The lowest BCUT2D eigenvalue weighted by atomic mass is 9.80. The quantitative estimate of drug-likeness (QED) is 0.0975. The zero-order valence-corrected chi connectivity index (χ0v) is 31.1. The lowest BCUT2D eigenvalue weighted by molar-refractivity contribution is -0.145. The average Bonchev–Trinajstić information content (AvgIpc) is 3.50. The maximum atomic E-state index is 14.3. The molecule has 0 fully saturated rings. The maximum absolute atomic E-state index is 14.3. The van der Waals surface area contributed by atoms with Crippen LogP contribution < -0.4 is 15.5 Å². The molecule has 1 heterocycles. The van der Waals surface area contributed by atoms with Crippen molar-refractivity contribution in [2.45, 2.75) is 64.7 Å². The Kier molecular flexibility index (Phi) is 11.0. The number of hydrogen-bond acceptors (Lipinski definition) is 6. The van der Waals surface area contributed by atoms with Crippen LogP contribution in [0.4, 0.5) is 4.79 Å². The van der Waals surface area contributed by atoms with Crippen LogP contribution in [-0.2, 0) is 26.4 Å². The molecule has 1 atom stereocenters. The molecular weight excluding hydrogens is 665 g/mol. The van der Waals surface area contributed by atoms with E-state index in [1.165, 1.54) is 0 Å². The molecule has 272 valence electrons. The number of carbonyl (C=O) groups is 2. The third-order valence-electron chi connectivity index (χ3n) is 9.18. The van der Waals surface area contributed by atoms with Crippen molar-refractivity contribution in [3.63, 3.8) is 0 Å². The molecule has 0 unspecified atom stereocenters. The van der Waals surface area contributed by atoms with Crippen molar-refractivity contribution in [3.05, 3.63) is 161 Å². The van der Waals surface area contributed by atoms with Crippen molar-refractivity contribution >= 4 is 23.0 Å². The Balaban J connectivity index is 1.36. The highest BCUT2D eigenvalue weighted by Crippen LogP contribution is 2.39. The SMILES string of the molecule is COc1ccc(-n2c(CC[C@H](NC(=O)OC(C)(C)C)C(=O)NOC(c3ccccc3)(c3ccccc3)c3ccccc3)nc3cc(C)c(C)cc32)cc1. The minimum absolute atomic E-state index is 0.195. The van der Waals surface area contributed by atoms with Crippen molar-refractivity contribution in [3.8, 4) is 11.4 Å². The summed E-state index contributed by atoms with van der Waals surface area (Å²) in [5.41, 5.74) is 8.16. The summed E-state index contributed by atoms with van der Waals surface area (Å²) in [6.07, 6.45) is -0.178. The lowest BCUT2D eigenvalue weighted by Gasteiger charge is -2.35. The third-order valence-corrected chi connectivity index (χ3v) is 9.18. The van der Waals surface area contributed by atoms with Gasteiger partial charge in [-0.3, -0.25) is 14.2 Å². The van der Waals surface area contributed by atoms with Gasteiger partial charge in [-0.25, -0.2) is 15.3 Å². The van der Waals surface area contributed by atoms with Gasteiger partial charge in [0, 0.05) is 12.1 Å². The Morgan fingerprint density at radius 2 is 1.28 bits per heavy atom. The number of ether oxygens (including phenoxy) is 2. The number of benzene rings is 5. The van der Waals surface area contributed by atoms with Crippen LogP contribution in [0.15, 0.2) is 127 Å².